The van der Waals surface area contributed by atoms with Crippen LogP contribution in [0.5, 0.6) is 0 Å². The molecule has 6 nitrogen and oxygen atoms in total. The van der Waals surface area contributed by atoms with Gasteiger partial charge in [-0.15, -0.1) is 0 Å². The van der Waals surface area contributed by atoms with Crippen molar-refractivity contribution in [2.24, 2.45) is 5.73 Å². The molecular formula is C6H16N4O2S. The maximum absolute atomic E-state index is 11.4. The summed E-state index contributed by atoms with van der Waals surface area (Å²) in [4.78, 5) is 0. The van der Waals surface area contributed by atoms with Crippen LogP contribution in [0.15, 0.2) is 0 Å². The van der Waals surface area contributed by atoms with Crippen molar-refractivity contribution in [1.29, 1.82) is 5.41 Å². The van der Waals surface area contributed by atoms with Crippen LogP contribution in [0.2, 0.25) is 0 Å². The molecule has 7 heteroatoms. The summed E-state index contributed by atoms with van der Waals surface area (Å²) in [5, 5.41) is 6.98. The first kappa shape index (κ1) is 12.3. The van der Waals surface area contributed by atoms with Crippen molar-refractivity contribution >= 4 is 16.0 Å². The van der Waals surface area contributed by atoms with Gasteiger partial charge in [-0.1, -0.05) is 13.8 Å². The molecule has 0 aliphatic heterocycles. The molecule has 0 aliphatic carbocycles. The highest BCUT2D eigenvalue weighted by molar-refractivity contribution is 7.87. The fourth-order valence-electron chi connectivity index (χ4n) is 0.830. The molecule has 0 saturated heterocycles. The molecule has 78 valence electrons. The molecule has 0 spiro atoms. The number of nitrogens with two attached hydrogens (primary N) is 1. The van der Waals surface area contributed by atoms with Gasteiger partial charge in [-0.05, 0) is 0 Å². The van der Waals surface area contributed by atoms with Crippen molar-refractivity contribution in [2.75, 3.05) is 19.6 Å². The van der Waals surface area contributed by atoms with Crippen molar-refractivity contribution in [3.63, 3.8) is 0 Å². The number of nitrogens with one attached hydrogen (secondary N) is 2. The minimum absolute atomic E-state index is 0.0637. The van der Waals surface area contributed by atoms with E-state index in [-0.39, 0.29) is 12.4 Å². The molecular weight excluding hydrogens is 192 g/mol. The molecule has 0 unspecified atom stereocenters. The minimum atomic E-state index is -3.46. The number of likely N-dealkylation sites (N-methyl/N-ethyl adjacent to an activating group) is 1. The van der Waals surface area contributed by atoms with Crippen LogP contribution in [0.4, 0.5) is 0 Å². The Bertz CT molecular complexity index is 262. The second-order valence-corrected chi connectivity index (χ2v) is 4.21. The summed E-state index contributed by atoms with van der Waals surface area (Å²) in [5.74, 6) is -0.164. The van der Waals surface area contributed by atoms with E-state index in [1.165, 1.54) is 0 Å². The predicted octanol–water partition coefficient (Wildman–Crippen LogP) is -0.901. The summed E-state index contributed by atoms with van der Waals surface area (Å²) in [6, 6.07) is 0. The number of amidine groups is 1. The van der Waals surface area contributed by atoms with Crippen LogP contribution in [0.1, 0.15) is 13.8 Å². The first-order valence-corrected chi connectivity index (χ1v) is 5.45. The average Bonchev–Trinajstić information content (AvgIpc) is 1.99. The highest BCUT2D eigenvalue weighted by atomic mass is 32.2. The van der Waals surface area contributed by atoms with Crippen LogP contribution in [0.25, 0.3) is 0 Å². The predicted molar refractivity (Wildman–Crippen MR) is 51.8 cm³/mol. The number of rotatable bonds is 6. The molecule has 0 rings (SSSR count). The fourth-order valence-corrected chi connectivity index (χ4v) is 2.03. The van der Waals surface area contributed by atoms with Gasteiger partial charge < -0.3 is 5.73 Å². The molecule has 4 N–H and O–H groups in total. The van der Waals surface area contributed by atoms with E-state index in [9.17, 15) is 8.42 Å². The molecule has 0 fully saturated rings. The monoisotopic (exact) mass is 208 g/mol. The zero-order valence-corrected chi connectivity index (χ0v) is 8.69. The third-order valence-corrected chi connectivity index (χ3v) is 3.09. The lowest BCUT2D eigenvalue weighted by atomic mass is 10.6. The summed E-state index contributed by atoms with van der Waals surface area (Å²) >= 11 is 0. The van der Waals surface area contributed by atoms with E-state index in [0.29, 0.717) is 13.1 Å². The van der Waals surface area contributed by atoms with Crippen molar-refractivity contribution in [3.8, 4) is 0 Å². The van der Waals surface area contributed by atoms with Gasteiger partial charge in [-0.2, -0.15) is 12.7 Å². The quantitative estimate of drug-likeness (QED) is 0.389. The van der Waals surface area contributed by atoms with Gasteiger partial charge in [0.15, 0.2) is 0 Å². The second-order valence-electron chi connectivity index (χ2n) is 2.45. The van der Waals surface area contributed by atoms with Crippen molar-refractivity contribution < 1.29 is 8.42 Å². The lowest BCUT2D eigenvalue weighted by Crippen LogP contribution is -2.44. The molecule has 0 heterocycles. The van der Waals surface area contributed by atoms with E-state index in [1.54, 1.807) is 13.8 Å². The van der Waals surface area contributed by atoms with Crippen LogP contribution in [0, 0.1) is 5.41 Å². The van der Waals surface area contributed by atoms with E-state index in [4.69, 9.17) is 11.1 Å². The smallest absolute Gasteiger partial charge is 0.279 e. The van der Waals surface area contributed by atoms with Gasteiger partial charge >= 0.3 is 0 Å². The largest absolute Gasteiger partial charge is 0.387 e. The Morgan fingerprint density at radius 2 is 2.08 bits per heavy atom. The topological polar surface area (TPSA) is 99.3 Å². The average molecular weight is 208 g/mol. The normalized spacial score (nSPS) is 11.9. The Morgan fingerprint density at radius 3 is 2.38 bits per heavy atom. The number of hydrogen-bond donors (Lipinski definition) is 3. The lowest BCUT2D eigenvalue weighted by molar-refractivity contribution is 0.456. The van der Waals surface area contributed by atoms with Crippen LogP contribution < -0.4 is 10.5 Å². The van der Waals surface area contributed by atoms with Gasteiger partial charge in [0.2, 0.25) is 0 Å². The van der Waals surface area contributed by atoms with E-state index >= 15 is 0 Å². The highest BCUT2D eigenvalue weighted by Gasteiger charge is 2.19. The van der Waals surface area contributed by atoms with Crippen LogP contribution >= 0.6 is 0 Å². The zero-order chi connectivity index (χ0) is 10.5. The molecule has 0 aromatic carbocycles. The van der Waals surface area contributed by atoms with E-state index in [1.807, 2.05) is 0 Å². The number of hydrogen-bond acceptors (Lipinski definition) is 3. The molecule has 0 aliphatic rings. The van der Waals surface area contributed by atoms with Gasteiger partial charge in [-0.25, -0.2) is 4.72 Å². The summed E-state index contributed by atoms with van der Waals surface area (Å²) in [5.41, 5.74) is 5.11. The lowest BCUT2D eigenvalue weighted by Gasteiger charge is -2.19. The Hall–Kier alpha value is -0.660. The molecule has 0 aromatic heterocycles. The first-order chi connectivity index (χ1) is 5.94. The molecule has 0 radical (unpaired) electrons. The summed E-state index contributed by atoms with van der Waals surface area (Å²) < 4.78 is 26.2. The van der Waals surface area contributed by atoms with Gasteiger partial charge in [0.1, 0.15) is 5.84 Å². The Morgan fingerprint density at radius 1 is 1.54 bits per heavy atom. The van der Waals surface area contributed by atoms with Crippen LogP contribution in [-0.4, -0.2) is 38.2 Å². The zero-order valence-electron chi connectivity index (χ0n) is 7.87. The molecule has 0 aromatic rings. The maximum Gasteiger partial charge on any atom is 0.279 e. The molecule has 0 amide bonds. The summed E-state index contributed by atoms with van der Waals surface area (Å²) in [7, 11) is -3.46. The van der Waals surface area contributed by atoms with Crippen LogP contribution in [0.3, 0.4) is 0 Å². The van der Waals surface area contributed by atoms with Gasteiger partial charge in [-0.3, -0.25) is 5.41 Å². The summed E-state index contributed by atoms with van der Waals surface area (Å²) in [6.07, 6.45) is 0. The SMILES string of the molecule is CCNS(=O)(=O)N(CC)CC(=N)N. The standard InChI is InChI=1S/C6H16N4O2S/c1-3-9-13(11,12)10(4-2)5-6(7)8/h9H,3-5H2,1-2H3,(H3,7,8). The Kier molecular flexibility index (Phi) is 4.89. The maximum atomic E-state index is 11.4. The van der Waals surface area contributed by atoms with Gasteiger partial charge in [0.05, 0.1) is 6.54 Å². The second kappa shape index (κ2) is 5.15. The molecule has 0 saturated carbocycles. The number of nitrogens with zero attached hydrogens (tertiary/aromatic N) is 1. The van der Waals surface area contributed by atoms with E-state index in [0.717, 1.165) is 4.31 Å². The van der Waals surface area contributed by atoms with Crippen molar-refractivity contribution in [1.82, 2.24) is 9.03 Å². The molecule has 0 atom stereocenters. The first-order valence-electron chi connectivity index (χ1n) is 4.01. The van der Waals surface area contributed by atoms with Gasteiger partial charge in [0.25, 0.3) is 10.2 Å². The minimum Gasteiger partial charge on any atom is -0.387 e. The Balaban J connectivity index is 4.47. The highest BCUT2D eigenvalue weighted by Crippen LogP contribution is 1.95. The molecule has 13 heavy (non-hydrogen) atoms. The van der Waals surface area contributed by atoms with Crippen molar-refractivity contribution in [3.05, 3.63) is 0 Å². The van der Waals surface area contributed by atoms with E-state index < -0.39 is 10.2 Å². The fraction of sp³-hybridized carbons (Fsp3) is 0.833. The third kappa shape index (κ3) is 4.20. The van der Waals surface area contributed by atoms with Crippen molar-refractivity contribution in [2.45, 2.75) is 13.8 Å². The Labute approximate surface area is 78.8 Å². The van der Waals surface area contributed by atoms with E-state index in [2.05, 4.69) is 4.72 Å². The van der Waals surface area contributed by atoms with Gasteiger partial charge in [0, 0.05) is 13.1 Å². The molecule has 0 bridgehead atoms. The summed E-state index contributed by atoms with van der Waals surface area (Å²) in [6.45, 7) is 3.95. The third-order valence-electron chi connectivity index (χ3n) is 1.37. The van der Waals surface area contributed by atoms with Crippen LogP contribution in [-0.2, 0) is 10.2 Å².